The summed E-state index contributed by atoms with van der Waals surface area (Å²) in [4.78, 5) is 40.1. The third-order valence-corrected chi connectivity index (χ3v) is 5.59. The molecule has 12 heteroatoms. The number of amides is 1. The SMILES string of the molecule is COc1c(Nc2cc(NC(=O)C3CC3)nnc2C=O)cccc1-c1ncn(CCCC(=O)OC(C)(C)C)n1. The fraction of sp³-hybridized carbons (Fsp3) is 0.423. The molecule has 38 heavy (non-hydrogen) atoms. The summed E-state index contributed by atoms with van der Waals surface area (Å²) in [7, 11) is 1.52. The molecule has 0 atom stereocenters. The van der Waals surface area contributed by atoms with Gasteiger partial charge in [-0.3, -0.25) is 19.1 Å². The first-order valence-electron chi connectivity index (χ1n) is 12.4. The lowest BCUT2D eigenvalue weighted by molar-refractivity contribution is -0.155. The van der Waals surface area contributed by atoms with Crippen LogP contribution in [0, 0.1) is 5.92 Å². The van der Waals surface area contributed by atoms with Crippen molar-refractivity contribution < 1.29 is 23.9 Å². The standard InChI is InChI=1S/C26H31N7O5/c1-26(2,3)38-22(35)9-6-12-33-15-27-24(32-33)17-7-5-8-18(23(17)37-4)28-19-13-21(31-30-20(19)14-34)29-25(36)16-10-11-16/h5,7-8,13-16H,6,9-12H2,1-4H3,(H2,28,29,31,36). The van der Waals surface area contributed by atoms with Crippen molar-refractivity contribution in [1.82, 2.24) is 25.0 Å². The predicted molar refractivity (Wildman–Crippen MR) is 139 cm³/mol. The second kappa shape index (κ2) is 11.4. The van der Waals surface area contributed by atoms with Crippen molar-refractivity contribution in [2.24, 2.45) is 5.92 Å². The number of benzene rings is 1. The van der Waals surface area contributed by atoms with E-state index in [-0.39, 0.29) is 35.7 Å². The van der Waals surface area contributed by atoms with E-state index in [2.05, 4.69) is 30.9 Å². The van der Waals surface area contributed by atoms with Gasteiger partial charge in [0.15, 0.2) is 23.7 Å². The first kappa shape index (κ1) is 26.7. The van der Waals surface area contributed by atoms with Crippen LogP contribution in [0.3, 0.4) is 0 Å². The van der Waals surface area contributed by atoms with Crippen LogP contribution in [0.1, 0.15) is 56.9 Å². The molecule has 0 spiro atoms. The highest BCUT2D eigenvalue weighted by Gasteiger charge is 2.30. The van der Waals surface area contributed by atoms with Crippen LogP contribution in [0.15, 0.2) is 30.6 Å². The highest BCUT2D eigenvalue weighted by atomic mass is 16.6. The second-order valence-electron chi connectivity index (χ2n) is 9.94. The van der Waals surface area contributed by atoms with Crippen molar-refractivity contribution in [3.63, 3.8) is 0 Å². The van der Waals surface area contributed by atoms with Crippen molar-refractivity contribution in [2.45, 2.75) is 58.6 Å². The maximum Gasteiger partial charge on any atom is 0.306 e. The summed E-state index contributed by atoms with van der Waals surface area (Å²) in [6, 6.07) is 6.95. The van der Waals surface area contributed by atoms with E-state index >= 15 is 0 Å². The largest absolute Gasteiger partial charge is 0.494 e. The highest BCUT2D eigenvalue weighted by Crippen LogP contribution is 2.37. The third-order valence-electron chi connectivity index (χ3n) is 5.59. The van der Waals surface area contributed by atoms with Gasteiger partial charge in [0.25, 0.3) is 0 Å². The number of hydrogen-bond acceptors (Lipinski definition) is 10. The molecule has 1 fully saturated rings. The van der Waals surface area contributed by atoms with Gasteiger partial charge in [-0.1, -0.05) is 6.07 Å². The summed E-state index contributed by atoms with van der Waals surface area (Å²) in [5.74, 6) is 0.766. The average molecular weight is 522 g/mol. The number of nitrogens with zero attached hydrogens (tertiary/aromatic N) is 5. The molecule has 0 unspecified atom stereocenters. The van der Waals surface area contributed by atoms with Gasteiger partial charge < -0.3 is 20.1 Å². The summed E-state index contributed by atoms with van der Waals surface area (Å²) < 4.78 is 12.7. The van der Waals surface area contributed by atoms with Crippen molar-refractivity contribution >= 4 is 35.4 Å². The van der Waals surface area contributed by atoms with Crippen LogP contribution in [0.25, 0.3) is 11.4 Å². The number of aldehydes is 1. The van der Waals surface area contributed by atoms with Gasteiger partial charge in [0.2, 0.25) is 5.91 Å². The first-order chi connectivity index (χ1) is 18.2. The normalized spacial score (nSPS) is 13.1. The number of carbonyl (C=O) groups excluding carboxylic acids is 3. The number of carbonyl (C=O) groups is 3. The van der Waals surface area contributed by atoms with Crippen LogP contribution in [0.4, 0.5) is 17.2 Å². The molecule has 0 radical (unpaired) electrons. The molecule has 3 aromatic rings. The molecule has 1 saturated carbocycles. The zero-order valence-electron chi connectivity index (χ0n) is 21.9. The molecule has 200 valence electrons. The fourth-order valence-electron chi connectivity index (χ4n) is 3.70. The van der Waals surface area contributed by atoms with Gasteiger partial charge in [-0.2, -0.15) is 5.10 Å². The Morgan fingerprint density at radius 1 is 1.18 bits per heavy atom. The smallest absolute Gasteiger partial charge is 0.306 e. The molecule has 2 heterocycles. The van der Waals surface area contributed by atoms with Crippen LogP contribution in [-0.4, -0.2) is 55.8 Å². The first-order valence-corrected chi connectivity index (χ1v) is 12.4. The zero-order valence-corrected chi connectivity index (χ0v) is 21.9. The maximum atomic E-state index is 12.1. The lowest BCUT2D eigenvalue weighted by Crippen LogP contribution is -2.23. The molecule has 0 bridgehead atoms. The van der Waals surface area contributed by atoms with E-state index in [1.54, 1.807) is 29.2 Å². The third kappa shape index (κ3) is 6.90. The summed E-state index contributed by atoms with van der Waals surface area (Å²) in [6.45, 7) is 6.00. The lowest BCUT2D eigenvalue weighted by Gasteiger charge is -2.19. The van der Waals surface area contributed by atoms with Crippen LogP contribution in [-0.2, 0) is 20.9 Å². The zero-order chi connectivity index (χ0) is 27.3. The molecule has 1 aliphatic carbocycles. The summed E-state index contributed by atoms with van der Waals surface area (Å²) in [5, 5.41) is 18.3. The minimum absolute atomic E-state index is 0.000323. The highest BCUT2D eigenvalue weighted by molar-refractivity contribution is 5.94. The topological polar surface area (TPSA) is 150 Å². The van der Waals surface area contributed by atoms with Gasteiger partial charge in [-0.25, -0.2) is 4.98 Å². The summed E-state index contributed by atoms with van der Waals surface area (Å²) >= 11 is 0. The van der Waals surface area contributed by atoms with E-state index in [0.29, 0.717) is 47.8 Å². The van der Waals surface area contributed by atoms with E-state index in [1.165, 1.54) is 7.11 Å². The van der Waals surface area contributed by atoms with Gasteiger partial charge in [0, 0.05) is 24.9 Å². The van der Waals surface area contributed by atoms with Crippen molar-refractivity contribution in [3.05, 3.63) is 36.3 Å². The van der Waals surface area contributed by atoms with Gasteiger partial charge >= 0.3 is 5.97 Å². The molecule has 2 aromatic heterocycles. The fourth-order valence-corrected chi connectivity index (χ4v) is 3.70. The minimum atomic E-state index is -0.516. The summed E-state index contributed by atoms with van der Waals surface area (Å²) in [6.07, 6.45) is 4.72. The molecule has 0 saturated heterocycles. The Kier molecular flexibility index (Phi) is 7.99. The molecule has 4 rings (SSSR count). The van der Waals surface area contributed by atoms with Gasteiger partial charge in [0.05, 0.1) is 24.0 Å². The van der Waals surface area contributed by atoms with E-state index in [1.807, 2.05) is 26.8 Å². The second-order valence-corrected chi connectivity index (χ2v) is 9.94. The number of hydrogen-bond donors (Lipinski definition) is 2. The molecule has 0 aliphatic heterocycles. The average Bonchev–Trinajstić information content (AvgIpc) is 3.62. The number of methoxy groups -OCH3 is 1. The van der Waals surface area contributed by atoms with E-state index < -0.39 is 5.60 Å². The number of nitrogens with one attached hydrogen (secondary N) is 2. The van der Waals surface area contributed by atoms with Crippen LogP contribution >= 0.6 is 0 Å². The quantitative estimate of drug-likeness (QED) is 0.282. The van der Waals surface area contributed by atoms with Crippen molar-refractivity contribution in [3.8, 4) is 17.1 Å². The minimum Gasteiger partial charge on any atom is -0.494 e. The molecular weight excluding hydrogens is 490 g/mol. The molecule has 2 N–H and O–H groups in total. The van der Waals surface area contributed by atoms with E-state index in [0.717, 1.165) is 12.8 Å². The van der Waals surface area contributed by atoms with E-state index in [4.69, 9.17) is 9.47 Å². The number of anilines is 3. The Bertz CT molecular complexity index is 1330. The van der Waals surface area contributed by atoms with Crippen LogP contribution in [0.2, 0.25) is 0 Å². The Balaban J connectivity index is 1.49. The Labute approximate surface area is 220 Å². The maximum absolute atomic E-state index is 12.1. The number of aryl methyl sites for hydroxylation is 1. The number of para-hydroxylation sites is 1. The molecular formula is C26H31N7O5. The van der Waals surface area contributed by atoms with Crippen molar-refractivity contribution in [1.29, 1.82) is 0 Å². The Morgan fingerprint density at radius 3 is 2.66 bits per heavy atom. The molecule has 1 aromatic carbocycles. The monoisotopic (exact) mass is 521 g/mol. The molecule has 12 nitrogen and oxygen atoms in total. The van der Waals surface area contributed by atoms with Gasteiger partial charge in [-0.15, -0.1) is 10.2 Å². The number of aromatic nitrogens is 5. The van der Waals surface area contributed by atoms with Crippen LogP contribution in [0.5, 0.6) is 5.75 Å². The number of esters is 1. The predicted octanol–water partition coefficient (Wildman–Crippen LogP) is 3.77. The molecule has 1 amide bonds. The number of rotatable bonds is 11. The van der Waals surface area contributed by atoms with Gasteiger partial charge in [0.1, 0.15) is 17.6 Å². The van der Waals surface area contributed by atoms with Crippen molar-refractivity contribution in [2.75, 3.05) is 17.7 Å². The van der Waals surface area contributed by atoms with Gasteiger partial charge in [-0.05, 0) is 52.2 Å². The van der Waals surface area contributed by atoms with Crippen LogP contribution < -0.4 is 15.4 Å². The summed E-state index contributed by atoms with van der Waals surface area (Å²) in [5.41, 5.74) is 1.09. The number of ether oxygens (including phenoxy) is 2. The Morgan fingerprint density at radius 2 is 1.97 bits per heavy atom. The Hall–Kier alpha value is -4.35. The molecule has 1 aliphatic rings. The van der Waals surface area contributed by atoms with E-state index in [9.17, 15) is 14.4 Å². The lowest BCUT2D eigenvalue weighted by atomic mass is 10.1.